The lowest BCUT2D eigenvalue weighted by atomic mass is 9.97. The van der Waals surface area contributed by atoms with E-state index in [-0.39, 0.29) is 0 Å². The van der Waals surface area contributed by atoms with Crippen molar-refractivity contribution in [2.24, 2.45) is 5.92 Å². The van der Waals surface area contributed by atoms with Crippen molar-refractivity contribution < 1.29 is 9.26 Å². The summed E-state index contributed by atoms with van der Waals surface area (Å²) in [5, 5.41) is 7.35. The molecule has 1 atom stereocenters. The summed E-state index contributed by atoms with van der Waals surface area (Å²) in [4.78, 5) is 0. The molecule has 0 radical (unpaired) electrons. The number of nitrogens with zero attached hydrogens (tertiary/aromatic N) is 1. The molecule has 0 spiro atoms. The zero-order valence-corrected chi connectivity index (χ0v) is 10.8. The number of rotatable bonds is 5. The molecule has 1 aromatic rings. The van der Waals surface area contributed by atoms with Crippen molar-refractivity contribution in [3.05, 3.63) is 17.0 Å². The van der Waals surface area contributed by atoms with Gasteiger partial charge in [0.05, 0.1) is 12.3 Å². The van der Waals surface area contributed by atoms with Crippen molar-refractivity contribution in [1.82, 2.24) is 10.5 Å². The second kappa shape index (κ2) is 6.17. The maximum absolute atomic E-state index is 5.71. The zero-order chi connectivity index (χ0) is 12.1. The molecule has 4 heteroatoms. The Balaban J connectivity index is 1.66. The molecule has 1 unspecified atom stereocenters. The molecule has 0 amide bonds. The number of aromatic nitrogens is 1. The van der Waals surface area contributed by atoms with Crippen molar-refractivity contribution in [3.8, 4) is 0 Å². The van der Waals surface area contributed by atoms with Crippen LogP contribution in [0.15, 0.2) is 4.52 Å². The van der Waals surface area contributed by atoms with Crippen molar-refractivity contribution in [2.75, 3.05) is 19.7 Å². The lowest BCUT2D eigenvalue weighted by Crippen LogP contribution is -2.30. The summed E-state index contributed by atoms with van der Waals surface area (Å²) >= 11 is 0. The van der Waals surface area contributed by atoms with Crippen LogP contribution in [0.2, 0.25) is 0 Å². The lowest BCUT2D eigenvalue weighted by Gasteiger charge is -2.22. The summed E-state index contributed by atoms with van der Waals surface area (Å²) < 4.78 is 10.8. The van der Waals surface area contributed by atoms with Crippen molar-refractivity contribution >= 4 is 0 Å². The third-order valence-electron chi connectivity index (χ3n) is 3.50. The van der Waals surface area contributed by atoms with Gasteiger partial charge in [0, 0.05) is 12.2 Å². The van der Waals surface area contributed by atoms with Crippen molar-refractivity contribution in [1.29, 1.82) is 0 Å². The normalized spacial score (nSPS) is 20.7. The first-order valence-corrected chi connectivity index (χ1v) is 6.47. The molecular weight excluding hydrogens is 216 g/mol. The Bertz CT molecular complexity index is 324. The fourth-order valence-corrected chi connectivity index (χ4v) is 2.30. The summed E-state index contributed by atoms with van der Waals surface area (Å²) in [6.45, 7) is 7.67. The minimum Gasteiger partial charge on any atom is -0.377 e. The Kier molecular flexibility index (Phi) is 4.57. The third-order valence-corrected chi connectivity index (χ3v) is 3.50. The molecule has 0 aliphatic carbocycles. The minimum absolute atomic E-state index is 0.626. The number of piperidine rings is 1. The largest absolute Gasteiger partial charge is 0.377 e. The highest BCUT2D eigenvalue weighted by atomic mass is 16.5. The van der Waals surface area contributed by atoms with Crippen molar-refractivity contribution in [3.63, 3.8) is 0 Å². The quantitative estimate of drug-likeness (QED) is 0.799. The van der Waals surface area contributed by atoms with Crippen LogP contribution in [0.5, 0.6) is 0 Å². The molecule has 96 valence electrons. The summed E-state index contributed by atoms with van der Waals surface area (Å²) in [7, 11) is 0. The van der Waals surface area contributed by atoms with Crippen LogP contribution in [0.4, 0.5) is 0 Å². The van der Waals surface area contributed by atoms with Gasteiger partial charge in [-0.15, -0.1) is 0 Å². The minimum atomic E-state index is 0.626. The van der Waals surface area contributed by atoms with E-state index in [2.05, 4.69) is 10.5 Å². The fraction of sp³-hybridized carbons (Fsp3) is 0.769. The number of aryl methyl sites for hydroxylation is 2. The molecule has 1 aromatic heterocycles. The third kappa shape index (κ3) is 3.54. The maximum atomic E-state index is 5.71. The average Bonchev–Trinajstić information content (AvgIpc) is 2.67. The van der Waals surface area contributed by atoms with Crippen LogP contribution in [0.3, 0.4) is 0 Å². The van der Waals surface area contributed by atoms with E-state index < -0.39 is 0 Å². The van der Waals surface area contributed by atoms with Gasteiger partial charge in [-0.3, -0.25) is 0 Å². The van der Waals surface area contributed by atoms with Gasteiger partial charge in [0.25, 0.3) is 0 Å². The SMILES string of the molecule is Cc1noc(C)c1COCCC1CCCNC1. The molecule has 17 heavy (non-hydrogen) atoms. The molecular formula is C13H22N2O2. The molecule has 0 bridgehead atoms. The van der Waals surface area contributed by atoms with E-state index in [4.69, 9.17) is 9.26 Å². The Morgan fingerprint density at radius 3 is 3.00 bits per heavy atom. The van der Waals surface area contributed by atoms with Crippen LogP contribution in [0.25, 0.3) is 0 Å². The van der Waals surface area contributed by atoms with E-state index in [1.165, 1.54) is 19.4 Å². The topological polar surface area (TPSA) is 47.3 Å². The second-order valence-corrected chi connectivity index (χ2v) is 4.86. The zero-order valence-electron chi connectivity index (χ0n) is 10.8. The summed E-state index contributed by atoms with van der Waals surface area (Å²) in [5.41, 5.74) is 2.05. The molecule has 2 rings (SSSR count). The Labute approximate surface area is 103 Å². The van der Waals surface area contributed by atoms with E-state index in [1.54, 1.807) is 0 Å². The van der Waals surface area contributed by atoms with Gasteiger partial charge in [0.15, 0.2) is 0 Å². The van der Waals surface area contributed by atoms with Gasteiger partial charge < -0.3 is 14.6 Å². The van der Waals surface area contributed by atoms with Gasteiger partial charge in [-0.1, -0.05) is 5.16 Å². The first kappa shape index (κ1) is 12.6. The van der Waals surface area contributed by atoms with Gasteiger partial charge >= 0.3 is 0 Å². The number of nitrogens with one attached hydrogen (secondary N) is 1. The van der Waals surface area contributed by atoms with Crippen LogP contribution in [0, 0.1) is 19.8 Å². The highest BCUT2D eigenvalue weighted by Gasteiger charge is 2.13. The molecule has 1 N–H and O–H groups in total. The second-order valence-electron chi connectivity index (χ2n) is 4.86. The first-order chi connectivity index (χ1) is 8.27. The average molecular weight is 238 g/mol. The van der Waals surface area contributed by atoms with Gasteiger partial charge in [0.1, 0.15) is 5.76 Å². The smallest absolute Gasteiger partial charge is 0.139 e. The van der Waals surface area contributed by atoms with Crippen LogP contribution in [-0.4, -0.2) is 24.9 Å². The molecule has 1 saturated heterocycles. The first-order valence-electron chi connectivity index (χ1n) is 6.47. The van der Waals surface area contributed by atoms with Crippen LogP contribution >= 0.6 is 0 Å². The lowest BCUT2D eigenvalue weighted by molar-refractivity contribution is 0.102. The summed E-state index contributed by atoms with van der Waals surface area (Å²) in [5.74, 6) is 1.66. The van der Waals surface area contributed by atoms with Crippen LogP contribution in [0.1, 0.15) is 36.3 Å². The Morgan fingerprint density at radius 1 is 1.47 bits per heavy atom. The van der Waals surface area contributed by atoms with Gasteiger partial charge in [-0.25, -0.2) is 0 Å². The fourth-order valence-electron chi connectivity index (χ4n) is 2.30. The standard InChI is InChI=1S/C13H22N2O2/c1-10-13(11(2)17-15-10)9-16-7-5-12-4-3-6-14-8-12/h12,14H,3-9H2,1-2H3. The number of hydrogen-bond acceptors (Lipinski definition) is 4. The highest BCUT2D eigenvalue weighted by Crippen LogP contribution is 2.16. The molecule has 0 saturated carbocycles. The summed E-state index contributed by atoms with van der Waals surface area (Å²) in [6, 6.07) is 0. The molecule has 1 aliphatic heterocycles. The van der Waals surface area contributed by atoms with E-state index in [0.29, 0.717) is 6.61 Å². The van der Waals surface area contributed by atoms with Gasteiger partial charge in [0.2, 0.25) is 0 Å². The number of ether oxygens (including phenoxy) is 1. The maximum Gasteiger partial charge on any atom is 0.139 e. The molecule has 0 aromatic carbocycles. The van der Waals surface area contributed by atoms with Crippen LogP contribution < -0.4 is 5.32 Å². The number of hydrogen-bond donors (Lipinski definition) is 1. The Morgan fingerprint density at radius 2 is 2.35 bits per heavy atom. The van der Waals surface area contributed by atoms with E-state index >= 15 is 0 Å². The monoisotopic (exact) mass is 238 g/mol. The van der Waals surface area contributed by atoms with E-state index in [1.807, 2.05) is 13.8 Å². The highest BCUT2D eigenvalue weighted by molar-refractivity contribution is 5.19. The molecule has 2 heterocycles. The van der Waals surface area contributed by atoms with E-state index in [0.717, 1.165) is 42.5 Å². The predicted molar refractivity (Wildman–Crippen MR) is 65.8 cm³/mol. The van der Waals surface area contributed by atoms with Gasteiger partial charge in [-0.2, -0.15) is 0 Å². The van der Waals surface area contributed by atoms with Crippen LogP contribution in [-0.2, 0) is 11.3 Å². The van der Waals surface area contributed by atoms with Gasteiger partial charge in [-0.05, 0) is 52.1 Å². The van der Waals surface area contributed by atoms with E-state index in [9.17, 15) is 0 Å². The molecule has 1 fully saturated rings. The Hall–Kier alpha value is -0.870. The summed E-state index contributed by atoms with van der Waals surface area (Å²) in [6.07, 6.45) is 3.78. The molecule has 4 nitrogen and oxygen atoms in total. The predicted octanol–water partition coefficient (Wildman–Crippen LogP) is 2.20. The molecule has 1 aliphatic rings. The van der Waals surface area contributed by atoms with Crippen molar-refractivity contribution in [2.45, 2.75) is 39.7 Å².